The molecule has 0 amide bonds. The van der Waals surface area contributed by atoms with Crippen molar-refractivity contribution >= 4 is 16.6 Å². The molecule has 3 nitrogen and oxygen atoms in total. The summed E-state index contributed by atoms with van der Waals surface area (Å²) in [5.41, 5.74) is 0.700. The van der Waals surface area contributed by atoms with Crippen LogP contribution in [0.25, 0.3) is 10.8 Å². The second-order valence-corrected chi connectivity index (χ2v) is 4.45. The molecular weight excluding hydrogens is 226 g/mol. The van der Waals surface area contributed by atoms with Crippen molar-refractivity contribution in [2.24, 2.45) is 0 Å². The molecule has 2 rings (SSSR count). The molecule has 0 aromatic heterocycles. The summed E-state index contributed by atoms with van der Waals surface area (Å²) in [5, 5.41) is 14.1. The molecule has 0 saturated carbocycles. The maximum atomic E-state index is 12.0. The number of ketones is 1. The van der Waals surface area contributed by atoms with Crippen molar-refractivity contribution in [1.29, 1.82) is 0 Å². The summed E-state index contributed by atoms with van der Waals surface area (Å²) in [6, 6.07) is 13.6. The first-order valence-electron chi connectivity index (χ1n) is 6.07. The zero-order valence-corrected chi connectivity index (χ0v) is 10.4. The summed E-state index contributed by atoms with van der Waals surface area (Å²) in [6.07, 6.45) is 0. The Kier molecular flexibility index (Phi) is 4.07. The van der Waals surface area contributed by atoms with E-state index in [4.69, 9.17) is 5.11 Å². The number of hydrogen-bond donors (Lipinski definition) is 2. The molecular formula is C15H17NO2. The number of nitrogens with one attached hydrogen (secondary N) is 1. The number of fused-ring (bicyclic) bond motifs is 1. The van der Waals surface area contributed by atoms with Crippen LogP contribution >= 0.6 is 0 Å². The summed E-state index contributed by atoms with van der Waals surface area (Å²) in [4.78, 5) is 12.0. The van der Waals surface area contributed by atoms with Crippen molar-refractivity contribution < 1.29 is 9.90 Å². The van der Waals surface area contributed by atoms with Gasteiger partial charge in [0, 0.05) is 11.6 Å². The number of carbonyl (C=O) groups is 1. The largest absolute Gasteiger partial charge is 0.395 e. The zero-order valence-electron chi connectivity index (χ0n) is 10.4. The van der Waals surface area contributed by atoms with E-state index in [9.17, 15) is 4.79 Å². The molecule has 94 valence electrons. The highest BCUT2D eigenvalue weighted by Crippen LogP contribution is 2.15. The third-order valence-corrected chi connectivity index (χ3v) is 2.96. The molecule has 0 heterocycles. The number of carbonyl (C=O) groups excluding carboxylic acids is 1. The molecule has 0 radical (unpaired) electrons. The molecule has 2 aromatic rings. The summed E-state index contributed by atoms with van der Waals surface area (Å²) in [5.74, 6) is 0.0426. The van der Waals surface area contributed by atoms with Gasteiger partial charge in [0.25, 0.3) is 0 Å². The molecule has 0 fully saturated rings. The summed E-state index contributed by atoms with van der Waals surface area (Å²) in [6.45, 7) is 2.12. The van der Waals surface area contributed by atoms with Crippen molar-refractivity contribution in [3.05, 3.63) is 48.0 Å². The Labute approximate surface area is 106 Å². The van der Waals surface area contributed by atoms with Crippen LogP contribution in [0.5, 0.6) is 0 Å². The average molecular weight is 243 g/mol. The van der Waals surface area contributed by atoms with Crippen LogP contribution in [0.1, 0.15) is 17.3 Å². The Morgan fingerprint density at radius 3 is 2.67 bits per heavy atom. The number of aliphatic hydroxyl groups is 1. The Bertz CT molecular complexity index is 551. The van der Waals surface area contributed by atoms with Crippen molar-refractivity contribution in [3.63, 3.8) is 0 Å². The minimum Gasteiger partial charge on any atom is -0.395 e. The molecule has 1 atom stereocenters. The molecule has 0 saturated heterocycles. The predicted molar refractivity (Wildman–Crippen MR) is 72.8 cm³/mol. The van der Waals surface area contributed by atoms with Crippen LogP contribution in [0, 0.1) is 0 Å². The van der Waals surface area contributed by atoms with Gasteiger partial charge in [0.15, 0.2) is 5.78 Å². The van der Waals surface area contributed by atoms with E-state index >= 15 is 0 Å². The Balaban J connectivity index is 2.13. The number of benzene rings is 2. The molecule has 0 spiro atoms. The highest BCUT2D eigenvalue weighted by molar-refractivity contribution is 6.01. The summed E-state index contributed by atoms with van der Waals surface area (Å²) in [7, 11) is 0. The number of aliphatic hydroxyl groups excluding tert-OH is 1. The van der Waals surface area contributed by atoms with Gasteiger partial charge in [0.1, 0.15) is 0 Å². The normalized spacial score (nSPS) is 12.6. The fraction of sp³-hybridized carbons (Fsp3) is 0.267. The number of hydrogen-bond acceptors (Lipinski definition) is 3. The summed E-state index contributed by atoms with van der Waals surface area (Å²) < 4.78 is 0. The van der Waals surface area contributed by atoms with E-state index in [0.29, 0.717) is 5.56 Å². The minimum absolute atomic E-state index is 0.0327. The smallest absolute Gasteiger partial charge is 0.176 e. The van der Waals surface area contributed by atoms with Crippen LogP contribution in [-0.4, -0.2) is 30.1 Å². The molecule has 0 bridgehead atoms. The van der Waals surface area contributed by atoms with Gasteiger partial charge in [-0.3, -0.25) is 4.79 Å². The van der Waals surface area contributed by atoms with E-state index in [1.807, 2.05) is 49.4 Å². The maximum Gasteiger partial charge on any atom is 0.176 e. The topological polar surface area (TPSA) is 49.3 Å². The highest BCUT2D eigenvalue weighted by atomic mass is 16.3. The third-order valence-electron chi connectivity index (χ3n) is 2.96. The van der Waals surface area contributed by atoms with Gasteiger partial charge >= 0.3 is 0 Å². The molecule has 0 aliphatic rings. The van der Waals surface area contributed by atoms with E-state index < -0.39 is 0 Å². The minimum atomic E-state index is -0.0607. The quantitative estimate of drug-likeness (QED) is 0.790. The van der Waals surface area contributed by atoms with Crippen LogP contribution in [0.4, 0.5) is 0 Å². The van der Waals surface area contributed by atoms with Crippen LogP contribution < -0.4 is 5.32 Å². The first-order valence-corrected chi connectivity index (χ1v) is 6.07. The van der Waals surface area contributed by atoms with Crippen LogP contribution in [0.3, 0.4) is 0 Å². The van der Waals surface area contributed by atoms with Gasteiger partial charge in [-0.05, 0) is 23.8 Å². The third kappa shape index (κ3) is 2.94. The van der Waals surface area contributed by atoms with Gasteiger partial charge < -0.3 is 10.4 Å². The fourth-order valence-corrected chi connectivity index (χ4v) is 1.80. The number of Topliss-reactive ketones (excluding diaryl/α,β-unsaturated/α-hetero) is 1. The van der Waals surface area contributed by atoms with Gasteiger partial charge in [-0.1, -0.05) is 36.4 Å². The lowest BCUT2D eigenvalue weighted by Gasteiger charge is -2.10. The van der Waals surface area contributed by atoms with Gasteiger partial charge in [0.2, 0.25) is 0 Å². The molecule has 0 aliphatic heterocycles. The monoisotopic (exact) mass is 243 g/mol. The van der Waals surface area contributed by atoms with Crippen LogP contribution in [0.15, 0.2) is 42.5 Å². The number of rotatable bonds is 5. The fourth-order valence-electron chi connectivity index (χ4n) is 1.80. The molecule has 1 unspecified atom stereocenters. The molecule has 3 heteroatoms. The van der Waals surface area contributed by atoms with Crippen LogP contribution in [0.2, 0.25) is 0 Å². The first-order chi connectivity index (χ1) is 8.70. The molecule has 18 heavy (non-hydrogen) atoms. The molecule has 2 N–H and O–H groups in total. The van der Waals surface area contributed by atoms with E-state index in [-0.39, 0.29) is 25.0 Å². The lowest BCUT2D eigenvalue weighted by Crippen LogP contribution is -2.33. The standard InChI is InChI=1S/C15H17NO2/c1-11(10-17)16-9-15(18)14-7-6-12-4-2-3-5-13(12)8-14/h2-8,11,16-17H,9-10H2,1H3. The van der Waals surface area contributed by atoms with Crippen molar-refractivity contribution in [1.82, 2.24) is 5.32 Å². The van der Waals surface area contributed by atoms with Crippen molar-refractivity contribution in [2.45, 2.75) is 13.0 Å². The summed E-state index contributed by atoms with van der Waals surface area (Å²) >= 11 is 0. The SMILES string of the molecule is CC(CO)NCC(=O)c1ccc2ccccc2c1. The van der Waals surface area contributed by atoms with Gasteiger partial charge in [-0.25, -0.2) is 0 Å². The maximum absolute atomic E-state index is 12.0. The van der Waals surface area contributed by atoms with E-state index in [0.717, 1.165) is 10.8 Å². The second-order valence-electron chi connectivity index (χ2n) is 4.45. The van der Waals surface area contributed by atoms with Crippen molar-refractivity contribution in [3.8, 4) is 0 Å². The lowest BCUT2D eigenvalue weighted by molar-refractivity contribution is 0.0984. The van der Waals surface area contributed by atoms with Crippen molar-refractivity contribution in [2.75, 3.05) is 13.2 Å². The average Bonchev–Trinajstić information content (AvgIpc) is 2.43. The highest BCUT2D eigenvalue weighted by Gasteiger charge is 2.08. The van der Waals surface area contributed by atoms with Crippen LogP contribution in [-0.2, 0) is 0 Å². The Morgan fingerprint density at radius 1 is 1.22 bits per heavy atom. The van der Waals surface area contributed by atoms with Gasteiger partial charge in [-0.15, -0.1) is 0 Å². The van der Waals surface area contributed by atoms with E-state index in [1.165, 1.54) is 0 Å². The first kappa shape index (κ1) is 12.7. The Hall–Kier alpha value is -1.71. The Morgan fingerprint density at radius 2 is 1.94 bits per heavy atom. The molecule has 0 aliphatic carbocycles. The van der Waals surface area contributed by atoms with Gasteiger partial charge in [0.05, 0.1) is 13.2 Å². The molecule has 2 aromatic carbocycles. The zero-order chi connectivity index (χ0) is 13.0. The van der Waals surface area contributed by atoms with E-state index in [2.05, 4.69) is 5.32 Å². The van der Waals surface area contributed by atoms with E-state index in [1.54, 1.807) is 0 Å². The second kappa shape index (κ2) is 5.76. The van der Waals surface area contributed by atoms with Gasteiger partial charge in [-0.2, -0.15) is 0 Å². The lowest BCUT2D eigenvalue weighted by atomic mass is 10.0. The predicted octanol–water partition coefficient (Wildman–Crippen LogP) is 1.99.